The first kappa shape index (κ1) is 21.3. The minimum atomic E-state index is -1.05. The molecule has 0 bridgehead atoms. The zero-order chi connectivity index (χ0) is 22.2. The van der Waals surface area contributed by atoms with Gasteiger partial charge < -0.3 is 15.2 Å². The Kier molecular flexibility index (Phi) is 6.82. The summed E-state index contributed by atoms with van der Waals surface area (Å²) in [4.78, 5) is 23.3. The summed E-state index contributed by atoms with van der Waals surface area (Å²) in [7, 11) is 0. The van der Waals surface area contributed by atoms with Gasteiger partial charge in [-0.25, -0.2) is 4.79 Å². The van der Waals surface area contributed by atoms with Gasteiger partial charge in [0.1, 0.15) is 24.0 Å². The highest BCUT2D eigenvalue weighted by Crippen LogP contribution is 2.18. The molecule has 3 aromatic carbocycles. The van der Waals surface area contributed by atoms with Gasteiger partial charge in [0.05, 0.1) is 5.56 Å². The molecule has 0 heterocycles. The number of hydrogen-bond acceptors (Lipinski definition) is 4. The molecule has 0 aliphatic heterocycles. The molecule has 0 saturated heterocycles. The molecule has 3 rings (SSSR count). The summed E-state index contributed by atoms with van der Waals surface area (Å²) in [5.74, 6) is -0.950. The number of benzene rings is 3. The number of carbonyl (C=O) groups is 2. The van der Waals surface area contributed by atoms with Crippen molar-refractivity contribution >= 4 is 23.6 Å². The minimum Gasteiger partial charge on any atom is -0.489 e. The summed E-state index contributed by atoms with van der Waals surface area (Å²) >= 11 is 0. The lowest BCUT2D eigenvalue weighted by molar-refractivity contribution is -0.112. The third kappa shape index (κ3) is 5.81. The van der Waals surface area contributed by atoms with Crippen LogP contribution in [0.15, 0.2) is 78.4 Å². The Balaban J connectivity index is 1.64. The molecule has 0 aliphatic carbocycles. The second-order valence-corrected chi connectivity index (χ2v) is 6.79. The van der Waals surface area contributed by atoms with Gasteiger partial charge in [-0.15, -0.1) is 0 Å². The summed E-state index contributed by atoms with van der Waals surface area (Å²) in [5, 5.41) is 20.9. The van der Waals surface area contributed by atoms with Crippen molar-refractivity contribution in [1.82, 2.24) is 0 Å². The molecular formula is C25H20N2O4. The van der Waals surface area contributed by atoms with Crippen LogP contribution in [-0.4, -0.2) is 17.0 Å². The zero-order valence-corrected chi connectivity index (χ0v) is 16.8. The van der Waals surface area contributed by atoms with Gasteiger partial charge in [0.25, 0.3) is 5.91 Å². The van der Waals surface area contributed by atoms with Gasteiger partial charge >= 0.3 is 5.97 Å². The fourth-order valence-corrected chi connectivity index (χ4v) is 2.80. The van der Waals surface area contributed by atoms with Crippen LogP contribution in [0.5, 0.6) is 5.75 Å². The van der Waals surface area contributed by atoms with Gasteiger partial charge in [-0.05, 0) is 66.1 Å². The van der Waals surface area contributed by atoms with E-state index in [9.17, 15) is 14.9 Å². The summed E-state index contributed by atoms with van der Waals surface area (Å²) in [6, 6.07) is 22.7. The van der Waals surface area contributed by atoms with Crippen molar-refractivity contribution in [2.45, 2.75) is 13.5 Å². The van der Waals surface area contributed by atoms with E-state index in [-0.39, 0.29) is 11.1 Å². The predicted octanol–water partition coefficient (Wildman–Crippen LogP) is 4.82. The molecule has 3 aromatic rings. The molecule has 0 atom stereocenters. The highest BCUT2D eigenvalue weighted by atomic mass is 16.5. The van der Waals surface area contributed by atoms with Gasteiger partial charge in [-0.3, -0.25) is 4.79 Å². The van der Waals surface area contributed by atoms with Crippen molar-refractivity contribution in [3.8, 4) is 11.8 Å². The Morgan fingerprint density at radius 1 is 1.03 bits per heavy atom. The zero-order valence-electron chi connectivity index (χ0n) is 16.8. The number of aromatic carboxylic acids is 1. The van der Waals surface area contributed by atoms with Crippen molar-refractivity contribution < 1.29 is 19.4 Å². The van der Waals surface area contributed by atoms with E-state index >= 15 is 0 Å². The number of nitrogens with zero attached hydrogens (tertiary/aromatic N) is 1. The molecule has 6 heteroatoms. The van der Waals surface area contributed by atoms with Crippen LogP contribution in [0, 0.1) is 18.3 Å². The van der Waals surface area contributed by atoms with E-state index in [1.165, 1.54) is 30.3 Å². The Labute approximate surface area is 180 Å². The van der Waals surface area contributed by atoms with Gasteiger partial charge in [-0.2, -0.15) is 5.26 Å². The summed E-state index contributed by atoms with van der Waals surface area (Å²) in [6.07, 6.45) is 1.48. The fourth-order valence-electron chi connectivity index (χ4n) is 2.80. The van der Waals surface area contributed by atoms with Crippen molar-refractivity contribution in [2.24, 2.45) is 0 Å². The molecule has 0 spiro atoms. The van der Waals surface area contributed by atoms with E-state index in [1.54, 1.807) is 24.3 Å². The molecule has 6 nitrogen and oxygen atoms in total. The highest BCUT2D eigenvalue weighted by molar-refractivity contribution is 6.09. The van der Waals surface area contributed by atoms with E-state index in [4.69, 9.17) is 9.84 Å². The largest absolute Gasteiger partial charge is 0.489 e. The molecule has 0 aliphatic rings. The molecule has 0 radical (unpaired) electrons. The number of aryl methyl sites for hydroxylation is 1. The normalized spacial score (nSPS) is 10.8. The minimum absolute atomic E-state index is 0.0733. The average molecular weight is 412 g/mol. The third-order valence-corrected chi connectivity index (χ3v) is 4.60. The number of carboxylic acids is 1. The van der Waals surface area contributed by atoms with Gasteiger partial charge in [0, 0.05) is 5.69 Å². The summed E-state index contributed by atoms with van der Waals surface area (Å²) in [6.45, 7) is 2.48. The monoisotopic (exact) mass is 412 g/mol. The van der Waals surface area contributed by atoms with Gasteiger partial charge in [0.15, 0.2) is 0 Å². The molecule has 154 valence electrons. The maximum atomic E-state index is 12.4. The number of carboxylic acid groups (broad SMARTS) is 1. The number of nitriles is 1. The Morgan fingerprint density at radius 3 is 2.32 bits per heavy atom. The second kappa shape index (κ2) is 9.90. The number of nitrogens with one attached hydrogen (secondary N) is 1. The third-order valence-electron chi connectivity index (χ3n) is 4.60. The Bertz CT molecular complexity index is 1160. The summed E-state index contributed by atoms with van der Waals surface area (Å²) < 4.78 is 5.81. The molecule has 0 saturated carbocycles. The quantitative estimate of drug-likeness (QED) is 0.428. The molecule has 2 N–H and O–H groups in total. The van der Waals surface area contributed by atoms with Crippen LogP contribution >= 0.6 is 0 Å². The van der Waals surface area contributed by atoms with Crippen LogP contribution in [0.25, 0.3) is 6.08 Å². The first-order valence-corrected chi connectivity index (χ1v) is 9.50. The van der Waals surface area contributed by atoms with Crippen LogP contribution in [0.2, 0.25) is 0 Å². The van der Waals surface area contributed by atoms with E-state index in [0.29, 0.717) is 23.6 Å². The lowest BCUT2D eigenvalue weighted by Gasteiger charge is -2.09. The summed E-state index contributed by atoms with van der Waals surface area (Å²) in [5.41, 5.74) is 3.37. The van der Waals surface area contributed by atoms with Crippen LogP contribution < -0.4 is 10.1 Å². The van der Waals surface area contributed by atoms with E-state index in [2.05, 4.69) is 5.32 Å². The van der Waals surface area contributed by atoms with E-state index in [0.717, 1.165) is 11.1 Å². The van der Waals surface area contributed by atoms with Crippen LogP contribution in [0.1, 0.15) is 27.0 Å². The molecule has 0 unspecified atom stereocenters. The highest BCUT2D eigenvalue weighted by Gasteiger charge is 2.10. The van der Waals surface area contributed by atoms with Crippen molar-refractivity contribution in [1.29, 1.82) is 5.26 Å². The number of anilines is 1. The molecule has 31 heavy (non-hydrogen) atoms. The second-order valence-electron chi connectivity index (χ2n) is 6.79. The fraction of sp³-hybridized carbons (Fsp3) is 0.0800. The number of ether oxygens (including phenoxy) is 1. The topological polar surface area (TPSA) is 99.4 Å². The Morgan fingerprint density at radius 2 is 1.71 bits per heavy atom. The lowest BCUT2D eigenvalue weighted by atomic mass is 10.1. The SMILES string of the molecule is Cc1ccccc1COc1ccc(/C=C(\C#N)C(=O)Nc2ccc(C(=O)O)cc2)cc1. The molecule has 0 aromatic heterocycles. The predicted molar refractivity (Wildman–Crippen MR) is 118 cm³/mol. The molecule has 0 fully saturated rings. The van der Waals surface area contributed by atoms with Crippen LogP contribution in [0.4, 0.5) is 5.69 Å². The lowest BCUT2D eigenvalue weighted by Crippen LogP contribution is -2.13. The van der Waals surface area contributed by atoms with E-state index in [1.807, 2.05) is 37.3 Å². The number of carbonyl (C=O) groups excluding carboxylic acids is 1. The Hall–Kier alpha value is -4.37. The molecule has 1 amide bonds. The smallest absolute Gasteiger partial charge is 0.335 e. The maximum Gasteiger partial charge on any atom is 0.335 e. The number of amides is 1. The number of hydrogen-bond donors (Lipinski definition) is 2. The first-order valence-electron chi connectivity index (χ1n) is 9.50. The van der Waals surface area contributed by atoms with Crippen molar-refractivity contribution in [2.75, 3.05) is 5.32 Å². The van der Waals surface area contributed by atoms with Gasteiger partial charge in [-0.1, -0.05) is 36.4 Å². The van der Waals surface area contributed by atoms with Crippen molar-refractivity contribution in [3.63, 3.8) is 0 Å². The maximum absolute atomic E-state index is 12.4. The van der Waals surface area contributed by atoms with Gasteiger partial charge in [0.2, 0.25) is 0 Å². The van der Waals surface area contributed by atoms with Crippen LogP contribution in [0.3, 0.4) is 0 Å². The molecular weight excluding hydrogens is 392 g/mol. The number of rotatable bonds is 7. The van der Waals surface area contributed by atoms with E-state index < -0.39 is 11.9 Å². The standard InChI is InChI=1S/C25H20N2O4/c1-17-4-2-3-5-20(17)16-31-23-12-6-18(7-13-23)14-21(15-26)24(28)27-22-10-8-19(9-11-22)25(29)30/h2-14H,16H2,1H3,(H,27,28)(H,29,30)/b21-14+. The van der Waals surface area contributed by atoms with Crippen molar-refractivity contribution in [3.05, 3.63) is 101 Å². The van der Waals surface area contributed by atoms with Crippen LogP contribution in [-0.2, 0) is 11.4 Å². The first-order chi connectivity index (χ1) is 15.0. The average Bonchev–Trinajstić information content (AvgIpc) is 2.78.